The molecule has 0 saturated carbocycles. The molecule has 2 aliphatic heterocycles. The van der Waals surface area contributed by atoms with Crippen LogP contribution in [0.5, 0.6) is 5.75 Å². The van der Waals surface area contributed by atoms with Gasteiger partial charge in [-0.25, -0.2) is 0 Å². The maximum atomic E-state index is 13.2. The number of pyridine rings is 1. The summed E-state index contributed by atoms with van der Waals surface area (Å²) < 4.78 is 11.2. The van der Waals surface area contributed by atoms with Crippen molar-refractivity contribution in [3.8, 4) is 5.75 Å². The molecule has 0 bridgehead atoms. The standard InChI is InChI=1S/C29H29N3O5/c33-27(22-8-10-24(11-9-22)37-20-21-5-2-1-3-6-21)25-26(23-7-4-12-30-19-23)32(29(35)28(25)34)14-13-31-15-17-36-18-16-31/h1-12,19,26,33H,13-18,20H2/t26-/m1/s1. The van der Waals surface area contributed by atoms with Crippen LogP contribution in [0.25, 0.3) is 5.76 Å². The van der Waals surface area contributed by atoms with Crippen LogP contribution in [0.15, 0.2) is 84.7 Å². The monoisotopic (exact) mass is 499 g/mol. The molecule has 0 radical (unpaired) electrons. The summed E-state index contributed by atoms with van der Waals surface area (Å²) in [6.45, 7) is 4.24. The maximum Gasteiger partial charge on any atom is 0.295 e. The van der Waals surface area contributed by atoms with E-state index in [1.54, 1.807) is 42.7 Å². The van der Waals surface area contributed by atoms with Gasteiger partial charge in [0.1, 0.15) is 18.1 Å². The summed E-state index contributed by atoms with van der Waals surface area (Å²) in [5.41, 5.74) is 2.22. The van der Waals surface area contributed by atoms with Crippen LogP contribution in [0.2, 0.25) is 0 Å². The van der Waals surface area contributed by atoms with E-state index in [0.29, 0.717) is 49.8 Å². The van der Waals surface area contributed by atoms with Crippen LogP contribution >= 0.6 is 0 Å². The first-order valence-electron chi connectivity index (χ1n) is 12.4. The van der Waals surface area contributed by atoms with Crippen LogP contribution in [0.3, 0.4) is 0 Å². The molecule has 2 saturated heterocycles. The van der Waals surface area contributed by atoms with E-state index in [2.05, 4.69) is 9.88 Å². The van der Waals surface area contributed by atoms with Gasteiger partial charge in [-0.2, -0.15) is 0 Å². The topological polar surface area (TPSA) is 92.2 Å². The molecule has 3 aromatic rings. The molecule has 2 aliphatic rings. The molecule has 8 heteroatoms. The van der Waals surface area contributed by atoms with E-state index in [1.165, 1.54) is 4.90 Å². The molecule has 2 fully saturated rings. The van der Waals surface area contributed by atoms with Gasteiger partial charge in [0.25, 0.3) is 11.7 Å². The fraction of sp³-hybridized carbons (Fsp3) is 0.276. The number of ether oxygens (including phenoxy) is 2. The second kappa shape index (κ2) is 11.4. The zero-order chi connectivity index (χ0) is 25.6. The molecule has 0 spiro atoms. The summed E-state index contributed by atoms with van der Waals surface area (Å²) in [6.07, 6.45) is 3.27. The van der Waals surface area contributed by atoms with E-state index in [9.17, 15) is 14.7 Å². The first-order valence-corrected chi connectivity index (χ1v) is 12.4. The van der Waals surface area contributed by atoms with Gasteiger partial charge in [0.05, 0.1) is 24.8 Å². The normalized spacial score (nSPS) is 19.8. The molecule has 190 valence electrons. The third-order valence-corrected chi connectivity index (χ3v) is 6.68. The van der Waals surface area contributed by atoms with Crippen LogP contribution in [-0.2, 0) is 20.9 Å². The summed E-state index contributed by atoms with van der Waals surface area (Å²) in [5, 5.41) is 11.3. The Morgan fingerprint density at radius 2 is 1.73 bits per heavy atom. The number of Topliss-reactive ketones (excluding diaryl/α,β-unsaturated/α-hetero) is 1. The molecule has 0 aliphatic carbocycles. The fourth-order valence-electron chi connectivity index (χ4n) is 4.67. The highest BCUT2D eigenvalue weighted by Gasteiger charge is 2.46. The van der Waals surface area contributed by atoms with Gasteiger partial charge < -0.3 is 19.5 Å². The average molecular weight is 500 g/mol. The lowest BCUT2D eigenvalue weighted by Crippen LogP contribution is -2.42. The number of carbonyl (C=O) groups excluding carboxylic acids is 2. The molecule has 37 heavy (non-hydrogen) atoms. The lowest BCUT2D eigenvalue weighted by molar-refractivity contribution is -0.140. The first-order chi connectivity index (χ1) is 18.1. The number of aliphatic hydroxyl groups excluding tert-OH is 1. The summed E-state index contributed by atoms with van der Waals surface area (Å²) in [4.78, 5) is 34.3. The van der Waals surface area contributed by atoms with Crippen molar-refractivity contribution in [2.75, 3.05) is 39.4 Å². The number of carbonyl (C=O) groups is 2. The number of aliphatic hydroxyl groups is 1. The molecule has 1 N–H and O–H groups in total. The molecule has 0 unspecified atom stereocenters. The number of likely N-dealkylation sites (tertiary alicyclic amines) is 1. The molecule has 1 amide bonds. The van der Waals surface area contributed by atoms with Crippen molar-refractivity contribution >= 4 is 17.4 Å². The molecular weight excluding hydrogens is 470 g/mol. The second-order valence-electron chi connectivity index (χ2n) is 9.03. The van der Waals surface area contributed by atoms with Crippen molar-refractivity contribution < 1.29 is 24.2 Å². The van der Waals surface area contributed by atoms with E-state index in [-0.39, 0.29) is 11.3 Å². The van der Waals surface area contributed by atoms with Crippen LogP contribution in [0.4, 0.5) is 0 Å². The predicted molar refractivity (Wildman–Crippen MR) is 138 cm³/mol. The molecular formula is C29H29N3O5. The van der Waals surface area contributed by atoms with Gasteiger partial charge in [0, 0.05) is 44.1 Å². The minimum absolute atomic E-state index is 0.0675. The number of ketones is 1. The van der Waals surface area contributed by atoms with Gasteiger partial charge in [-0.05, 0) is 41.5 Å². The molecule has 3 heterocycles. The smallest absolute Gasteiger partial charge is 0.295 e. The van der Waals surface area contributed by atoms with Crippen LogP contribution in [0, 0.1) is 0 Å². The van der Waals surface area contributed by atoms with Crippen molar-refractivity contribution in [1.29, 1.82) is 0 Å². The van der Waals surface area contributed by atoms with Crippen LogP contribution in [-0.4, -0.2) is 71.0 Å². The quantitative estimate of drug-likeness (QED) is 0.288. The van der Waals surface area contributed by atoms with Crippen molar-refractivity contribution in [3.05, 3.63) is 101 Å². The molecule has 1 aromatic heterocycles. The molecule has 5 rings (SSSR count). The third-order valence-electron chi connectivity index (χ3n) is 6.68. The highest BCUT2D eigenvalue weighted by molar-refractivity contribution is 6.46. The van der Waals surface area contributed by atoms with Crippen molar-refractivity contribution in [2.45, 2.75) is 12.6 Å². The lowest BCUT2D eigenvalue weighted by Gasteiger charge is -2.30. The van der Waals surface area contributed by atoms with Gasteiger partial charge in [-0.3, -0.25) is 19.5 Å². The number of amides is 1. The number of nitrogens with zero attached hydrogens (tertiary/aromatic N) is 3. The van der Waals surface area contributed by atoms with E-state index in [0.717, 1.165) is 18.7 Å². The number of morpholine rings is 1. The van der Waals surface area contributed by atoms with Crippen LogP contribution in [0.1, 0.15) is 22.7 Å². The molecule has 1 atom stereocenters. The zero-order valence-corrected chi connectivity index (χ0v) is 20.5. The number of hydrogen-bond acceptors (Lipinski definition) is 7. The molecule has 8 nitrogen and oxygen atoms in total. The van der Waals surface area contributed by atoms with Crippen molar-refractivity contribution in [2.24, 2.45) is 0 Å². The lowest BCUT2D eigenvalue weighted by atomic mass is 9.96. The summed E-state index contributed by atoms with van der Waals surface area (Å²) in [6, 6.07) is 19.5. The summed E-state index contributed by atoms with van der Waals surface area (Å²) in [7, 11) is 0. The Kier molecular flexibility index (Phi) is 7.58. The van der Waals surface area contributed by atoms with E-state index < -0.39 is 17.7 Å². The Bertz CT molecular complexity index is 1260. The summed E-state index contributed by atoms with van der Waals surface area (Å²) in [5.74, 6) is -0.893. The predicted octanol–water partition coefficient (Wildman–Crippen LogP) is 3.41. The van der Waals surface area contributed by atoms with Gasteiger partial charge >= 0.3 is 0 Å². The van der Waals surface area contributed by atoms with Gasteiger partial charge in [-0.15, -0.1) is 0 Å². The van der Waals surface area contributed by atoms with E-state index in [1.807, 2.05) is 36.4 Å². The van der Waals surface area contributed by atoms with E-state index in [4.69, 9.17) is 9.47 Å². The van der Waals surface area contributed by atoms with Gasteiger partial charge in [-0.1, -0.05) is 36.4 Å². The number of aromatic nitrogens is 1. The Labute approximate surface area is 215 Å². The number of rotatable bonds is 8. The first kappa shape index (κ1) is 24.7. The number of hydrogen-bond donors (Lipinski definition) is 1. The maximum absolute atomic E-state index is 13.2. The van der Waals surface area contributed by atoms with Gasteiger partial charge in [0.2, 0.25) is 0 Å². The SMILES string of the molecule is O=C1C(=O)N(CCN2CCOCC2)[C@H](c2cccnc2)C1=C(O)c1ccc(OCc2ccccc2)cc1. The van der Waals surface area contributed by atoms with Crippen molar-refractivity contribution in [1.82, 2.24) is 14.8 Å². The Balaban J connectivity index is 1.40. The third kappa shape index (κ3) is 5.55. The minimum atomic E-state index is -0.719. The Morgan fingerprint density at radius 1 is 0.973 bits per heavy atom. The van der Waals surface area contributed by atoms with Gasteiger partial charge in [0.15, 0.2) is 0 Å². The van der Waals surface area contributed by atoms with Crippen molar-refractivity contribution in [3.63, 3.8) is 0 Å². The second-order valence-corrected chi connectivity index (χ2v) is 9.03. The minimum Gasteiger partial charge on any atom is -0.507 e. The largest absolute Gasteiger partial charge is 0.507 e. The molecule has 2 aromatic carbocycles. The fourth-order valence-corrected chi connectivity index (χ4v) is 4.67. The number of benzene rings is 2. The van der Waals surface area contributed by atoms with Crippen LogP contribution < -0.4 is 4.74 Å². The Morgan fingerprint density at radius 3 is 2.43 bits per heavy atom. The Hall–Kier alpha value is -4.01. The highest BCUT2D eigenvalue weighted by atomic mass is 16.5. The summed E-state index contributed by atoms with van der Waals surface area (Å²) >= 11 is 0. The average Bonchev–Trinajstić information content (AvgIpc) is 3.21. The highest BCUT2D eigenvalue weighted by Crippen LogP contribution is 2.39. The van der Waals surface area contributed by atoms with E-state index >= 15 is 0 Å². The zero-order valence-electron chi connectivity index (χ0n) is 20.5.